The third kappa shape index (κ3) is 6.82. The summed E-state index contributed by atoms with van der Waals surface area (Å²) in [5.41, 5.74) is -0.297. The Hall–Kier alpha value is -4.06. The van der Waals surface area contributed by atoms with Crippen molar-refractivity contribution in [1.82, 2.24) is 10.3 Å². The third-order valence-electron chi connectivity index (χ3n) is 5.32. The minimum atomic E-state index is -1.23. The first kappa shape index (κ1) is 28.5. The number of esters is 2. The van der Waals surface area contributed by atoms with Crippen molar-refractivity contribution in [3.8, 4) is 11.5 Å². The molecule has 0 radical (unpaired) electrons. The van der Waals surface area contributed by atoms with Gasteiger partial charge in [0, 0.05) is 31.3 Å². The fraction of sp³-hybridized carbons (Fsp3) is 0.231. The van der Waals surface area contributed by atoms with Crippen LogP contribution in [0.1, 0.15) is 36.6 Å². The molecule has 1 heterocycles. The summed E-state index contributed by atoms with van der Waals surface area (Å²) in [5, 5.41) is 2.63. The number of pyridine rings is 1. The predicted molar refractivity (Wildman–Crippen MR) is 132 cm³/mol. The molecule has 0 saturated carbocycles. The Bertz CT molecular complexity index is 1320. The standard InChI is InChI=1S/C26H22F4N2O5S/c1-13(23(17-6-4-15(27)10-19(17)29)18-7-5-16(28)11-20(18)30)36-22(34)12-32-26(38)24-25(37-14(2)33)21(35-3)8-9-31-24/h4-11,13,23H,12H2,1-3H3,(H,32,38). The van der Waals surface area contributed by atoms with E-state index in [4.69, 9.17) is 26.4 Å². The predicted octanol–water partition coefficient (Wildman–Crippen LogP) is 4.60. The topological polar surface area (TPSA) is 86.8 Å². The lowest BCUT2D eigenvalue weighted by molar-refractivity contribution is -0.147. The Morgan fingerprint density at radius 3 is 2.08 bits per heavy atom. The fourth-order valence-corrected chi connectivity index (χ4v) is 3.95. The zero-order chi connectivity index (χ0) is 28.0. The van der Waals surface area contributed by atoms with Crippen LogP contribution in [-0.2, 0) is 14.3 Å². The number of hydrogen-bond donors (Lipinski definition) is 1. The molecule has 0 fully saturated rings. The van der Waals surface area contributed by atoms with Crippen molar-refractivity contribution >= 4 is 29.1 Å². The van der Waals surface area contributed by atoms with Crippen LogP contribution in [0.25, 0.3) is 0 Å². The van der Waals surface area contributed by atoms with Crippen LogP contribution in [0.3, 0.4) is 0 Å². The molecule has 1 aromatic heterocycles. The maximum Gasteiger partial charge on any atom is 0.325 e. The van der Waals surface area contributed by atoms with E-state index in [1.165, 1.54) is 33.2 Å². The van der Waals surface area contributed by atoms with E-state index >= 15 is 0 Å². The Balaban J connectivity index is 1.80. The Morgan fingerprint density at radius 2 is 1.58 bits per heavy atom. The van der Waals surface area contributed by atoms with E-state index in [2.05, 4.69) is 10.3 Å². The number of carbonyl (C=O) groups excluding carboxylic acids is 2. The van der Waals surface area contributed by atoms with Gasteiger partial charge >= 0.3 is 11.9 Å². The molecule has 0 aliphatic carbocycles. The largest absolute Gasteiger partial charge is 0.493 e. The molecule has 3 rings (SSSR count). The number of aromatic nitrogens is 1. The van der Waals surface area contributed by atoms with E-state index in [0.29, 0.717) is 12.1 Å². The molecular weight excluding hydrogens is 528 g/mol. The van der Waals surface area contributed by atoms with Crippen LogP contribution in [0.15, 0.2) is 48.7 Å². The number of rotatable bonds is 9. The van der Waals surface area contributed by atoms with Gasteiger partial charge in [-0.3, -0.25) is 9.59 Å². The van der Waals surface area contributed by atoms with Crippen LogP contribution < -0.4 is 14.8 Å². The van der Waals surface area contributed by atoms with Gasteiger partial charge in [-0.1, -0.05) is 24.4 Å². The highest BCUT2D eigenvalue weighted by atomic mass is 32.1. The van der Waals surface area contributed by atoms with Crippen LogP contribution in [0.2, 0.25) is 0 Å². The van der Waals surface area contributed by atoms with E-state index in [1.807, 2.05) is 0 Å². The number of nitrogens with one attached hydrogen (secondary N) is 1. The van der Waals surface area contributed by atoms with Gasteiger partial charge in [-0.2, -0.15) is 0 Å². The lowest BCUT2D eigenvalue weighted by atomic mass is 9.86. The zero-order valence-corrected chi connectivity index (χ0v) is 21.2. The minimum Gasteiger partial charge on any atom is -0.493 e. The maximum atomic E-state index is 14.7. The highest BCUT2D eigenvalue weighted by Gasteiger charge is 2.30. The van der Waals surface area contributed by atoms with E-state index in [0.717, 1.165) is 24.3 Å². The summed E-state index contributed by atoms with van der Waals surface area (Å²) in [6.45, 7) is 2.07. The number of ether oxygens (including phenoxy) is 3. The Kier molecular flexibility index (Phi) is 9.35. The second-order valence-electron chi connectivity index (χ2n) is 7.97. The van der Waals surface area contributed by atoms with Crippen LogP contribution in [-0.4, -0.2) is 41.7 Å². The van der Waals surface area contributed by atoms with Gasteiger partial charge in [0.1, 0.15) is 46.6 Å². The molecule has 12 heteroatoms. The fourth-order valence-electron chi connectivity index (χ4n) is 3.73. The highest BCUT2D eigenvalue weighted by Crippen LogP contribution is 2.34. The molecule has 0 spiro atoms. The Labute approximate surface area is 220 Å². The van der Waals surface area contributed by atoms with Gasteiger partial charge < -0.3 is 19.5 Å². The van der Waals surface area contributed by atoms with Crippen molar-refractivity contribution in [3.63, 3.8) is 0 Å². The second kappa shape index (κ2) is 12.5. The van der Waals surface area contributed by atoms with Gasteiger partial charge in [0.2, 0.25) is 5.75 Å². The number of methoxy groups -OCH3 is 1. The second-order valence-corrected chi connectivity index (χ2v) is 8.38. The van der Waals surface area contributed by atoms with E-state index in [1.54, 1.807) is 0 Å². The van der Waals surface area contributed by atoms with Crippen LogP contribution in [0, 0.1) is 23.3 Å². The smallest absolute Gasteiger partial charge is 0.325 e. The molecule has 200 valence electrons. The number of thiocarbonyl (C=S) groups is 1. The van der Waals surface area contributed by atoms with Crippen LogP contribution >= 0.6 is 12.2 Å². The Morgan fingerprint density at radius 1 is 1.00 bits per heavy atom. The molecule has 1 N–H and O–H groups in total. The van der Waals surface area contributed by atoms with E-state index < -0.39 is 53.8 Å². The maximum absolute atomic E-state index is 14.7. The van der Waals surface area contributed by atoms with Gasteiger partial charge in [0.25, 0.3) is 0 Å². The summed E-state index contributed by atoms with van der Waals surface area (Å²) in [7, 11) is 1.35. The van der Waals surface area contributed by atoms with Gasteiger partial charge in [0.15, 0.2) is 5.75 Å². The summed E-state index contributed by atoms with van der Waals surface area (Å²) in [6, 6.07) is 6.82. The highest BCUT2D eigenvalue weighted by molar-refractivity contribution is 7.80. The molecule has 7 nitrogen and oxygen atoms in total. The van der Waals surface area contributed by atoms with E-state index in [-0.39, 0.29) is 33.3 Å². The summed E-state index contributed by atoms with van der Waals surface area (Å²) >= 11 is 5.27. The molecule has 0 aliphatic heterocycles. The average Bonchev–Trinajstić information content (AvgIpc) is 2.85. The molecule has 0 bridgehead atoms. The minimum absolute atomic E-state index is 0.0232. The summed E-state index contributed by atoms with van der Waals surface area (Å²) < 4.78 is 72.0. The van der Waals surface area contributed by atoms with Crippen molar-refractivity contribution in [2.75, 3.05) is 13.7 Å². The van der Waals surface area contributed by atoms with Crippen molar-refractivity contribution in [2.45, 2.75) is 25.9 Å². The molecule has 0 amide bonds. The molecule has 38 heavy (non-hydrogen) atoms. The van der Waals surface area contributed by atoms with Crippen LogP contribution in [0.5, 0.6) is 11.5 Å². The molecular formula is C26H22F4N2O5S. The SMILES string of the molecule is COc1ccnc(C(=S)NCC(=O)OC(C)C(c2ccc(F)cc2F)c2ccc(F)cc2F)c1OC(C)=O. The molecule has 3 aromatic rings. The zero-order valence-electron chi connectivity index (χ0n) is 20.4. The molecule has 0 aliphatic rings. The normalized spacial score (nSPS) is 11.6. The van der Waals surface area contributed by atoms with Gasteiger partial charge in [-0.05, 0) is 30.2 Å². The third-order valence-corrected chi connectivity index (χ3v) is 5.66. The summed E-state index contributed by atoms with van der Waals surface area (Å²) in [5.74, 6) is -6.34. The summed E-state index contributed by atoms with van der Waals surface area (Å²) in [6.07, 6.45) is 0.179. The number of halogens is 4. The summed E-state index contributed by atoms with van der Waals surface area (Å²) in [4.78, 5) is 28.1. The lowest BCUT2D eigenvalue weighted by Gasteiger charge is -2.26. The average molecular weight is 551 g/mol. The molecule has 0 saturated heterocycles. The molecule has 1 unspecified atom stereocenters. The number of hydrogen-bond acceptors (Lipinski definition) is 7. The van der Waals surface area contributed by atoms with Crippen molar-refractivity contribution in [3.05, 3.63) is 88.8 Å². The first-order valence-corrected chi connectivity index (χ1v) is 11.5. The van der Waals surface area contributed by atoms with Gasteiger partial charge in [0.05, 0.1) is 13.0 Å². The monoisotopic (exact) mass is 550 g/mol. The van der Waals surface area contributed by atoms with Crippen molar-refractivity contribution in [2.24, 2.45) is 0 Å². The van der Waals surface area contributed by atoms with Crippen molar-refractivity contribution in [1.29, 1.82) is 0 Å². The number of carbonyl (C=O) groups is 2. The van der Waals surface area contributed by atoms with Crippen LogP contribution in [0.4, 0.5) is 17.6 Å². The number of benzene rings is 2. The lowest BCUT2D eigenvalue weighted by Crippen LogP contribution is -2.34. The van der Waals surface area contributed by atoms with Gasteiger partial charge in [-0.25, -0.2) is 22.5 Å². The quantitative estimate of drug-likeness (QED) is 0.235. The van der Waals surface area contributed by atoms with Crippen molar-refractivity contribution < 1.29 is 41.4 Å². The van der Waals surface area contributed by atoms with Gasteiger partial charge in [-0.15, -0.1) is 0 Å². The van der Waals surface area contributed by atoms with E-state index in [9.17, 15) is 27.2 Å². The molecule has 1 atom stereocenters. The molecule has 2 aromatic carbocycles. The first-order chi connectivity index (χ1) is 18.0. The first-order valence-electron chi connectivity index (χ1n) is 11.1. The number of nitrogens with zero attached hydrogens (tertiary/aromatic N) is 1.